The fourth-order valence-electron chi connectivity index (χ4n) is 1.44. The van der Waals surface area contributed by atoms with E-state index in [1.54, 1.807) is 12.1 Å². The summed E-state index contributed by atoms with van der Waals surface area (Å²) >= 11 is 5.75. The van der Waals surface area contributed by atoms with Gasteiger partial charge < -0.3 is 10.6 Å². The minimum atomic E-state index is -0.545. The van der Waals surface area contributed by atoms with E-state index >= 15 is 0 Å². The molecule has 7 heteroatoms. The number of nitrogens with zero attached hydrogens (tertiary/aromatic N) is 1. The number of hydrogen-bond donors (Lipinski definition) is 2. The lowest BCUT2D eigenvalue weighted by Gasteiger charge is -2.07. The second-order valence-electron chi connectivity index (χ2n) is 3.52. The van der Waals surface area contributed by atoms with Crippen LogP contribution in [-0.2, 0) is 4.79 Å². The van der Waals surface area contributed by atoms with E-state index in [0.717, 1.165) is 0 Å². The van der Waals surface area contributed by atoms with E-state index in [0.29, 0.717) is 18.8 Å². The molecule has 0 fully saturated rings. The van der Waals surface area contributed by atoms with Crippen LogP contribution in [0.5, 0.6) is 0 Å². The molecule has 0 aliphatic rings. The molecule has 0 saturated carbocycles. The van der Waals surface area contributed by atoms with Crippen LogP contribution < -0.4 is 10.6 Å². The number of halogens is 1. The summed E-state index contributed by atoms with van der Waals surface area (Å²) in [4.78, 5) is 21.5. The van der Waals surface area contributed by atoms with Crippen molar-refractivity contribution in [3.63, 3.8) is 0 Å². The molecule has 0 aliphatic heterocycles. The summed E-state index contributed by atoms with van der Waals surface area (Å²) in [5, 5.41) is 16.4. The molecule has 0 saturated heterocycles. The van der Waals surface area contributed by atoms with Gasteiger partial charge in [0, 0.05) is 19.5 Å². The molecular weight excluding hydrogens is 258 g/mol. The third-order valence-electron chi connectivity index (χ3n) is 2.21. The van der Waals surface area contributed by atoms with Crippen LogP contribution >= 0.6 is 11.6 Å². The summed E-state index contributed by atoms with van der Waals surface area (Å²) in [6.07, 6.45) is 0.248. The van der Waals surface area contributed by atoms with Gasteiger partial charge in [0.05, 0.1) is 4.92 Å². The Kier molecular flexibility index (Phi) is 5.38. The molecule has 0 heterocycles. The van der Waals surface area contributed by atoms with Gasteiger partial charge in [0.25, 0.3) is 0 Å². The Bertz CT molecular complexity index is 451. The molecule has 1 aromatic rings. The first kappa shape index (κ1) is 14.2. The molecular formula is C11H14ClN3O3. The highest BCUT2D eigenvalue weighted by atomic mass is 35.5. The molecule has 1 rings (SSSR count). The molecule has 1 aromatic carbocycles. The number of hydrogen-bond acceptors (Lipinski definition) is 4. The van der Waals surface area contributed by atoms with E-state index in [-0.39, 0.29) is 23.0 Å². The van der Waals surface area contributed by atoms with Gasteiger partial charge in [0.2, 0.25) is 5.91 Å². The summed E-state index contributed by atoms with van der Waals surface area (Å²) in [5.74, 6) is -0.102. The fourth-order valence-corrected chi connectivity index (χ4v) is 1.68. The number of carbonyl (C=O) groups is 1. The number of carbonyl (C=O) groups excluding carboxylic acids is 1. The molecule has 0 atom stereocenters. The van der Waals surface area contributed by atoms with Crippen LogP contribution in [0.3, 0.4) is 0 Å². The predicted octanol–water partition coefficient (Wildman–Crippen LogP) is 2.19. The van der Waals surface area contributed by atoms with Crippen molar-refractivity contribution in [1.82, 2.24) is 5.32 Å². The highest BCUT2D eigenvalue weighted by Gasteiger charge is 2.17. The molecule has 1 amide bonds. The first-order chi connectivity index (χ1) is 8.56. The summed E-state index contributed by atoms with van der Waals surface area (Å²) in [6.45, 7) is 2.70. The van der Waals surface area contributed by atoms with Crippen molar-refractivity contribution in [3.05, 3.63) is 33.3 Å². The maximum absolute atomic E-state index is 11.2. The number of rotatable bonds is 6. The minimum Gasteiger partial charge on any atom is -0.379 e. The van der Waals surface area contributed by atoms with Crippen molar-refractivity contribution < 1.29 is 9.72 Å². The topological polar surface area (TPSA) is 84.3 Å². The van der Waals surface area contributed by atoms with Crippen molar-refractivity contribution in [2.24, 2.45) is 0 Å². The minimum absolute atomic E-state index is 0.0722. The van der Waals surface area contributed by atoms with Crippen LogP contribution in [0.4, 0.5) is 11.4 Å². The second-order valence-corrected chi connectivity index (χ2v) is 3.93. The molecule has 0 bridgehead atoms. The van der Waals surface area contributed by atoms with Crippen molar-refractivity contribution >= 4 is 28.9 Å². The van der Waals surface area contributed by atoms with E-state index in [1.807, 2.05) is 6.92 Å². The monoisotopic (exact) mass is 271 g/mol. The van der Waals surface area contributed by atoms with E-state index in [4.69, 9.17) is 11.6 Å². The van der Waals surface area contributed by atoms with Gasteiger partial charge in [-0.3, -0.25) is 14.9 Å². The van der Waals surface area contributed by atoms with Crippen LogP contribution in [0.2, 0.25) is 5.02 Å². The molecule has 0 spiro atoms. The molecule has 2 N–H and O–H groups in total. The molecule has 0 unspecified atom stereocenters. The van der Waals surface area contributed by atoms with E-state index in [1.165, 1.54) is 6.07 Å². The van der Waals surface area contributed by atoms with Crippen molar-refractivity contribution in [2.45, 2.75) is 13.3 Å². The Hall–Kier alpha value is -1.82. The zero-order chi connectivity index (χ0) is 13.5. The van der Waals surface area contributed by atoms with Gasteiger partial charge in [0.15, 0.2) is 0 Å². The number of para-hydroxylation sites is 1. The SMILES string of the molecule is CCNC(=O)CCNc1cccc(Cl)c1[N+](=O)[O-]. The van der Waals surface area contributed by atoms with Gasteiger partial charge in [-0.05, 0) is 19.1 Å². The van der Waals surface area contributed by atoms with Crippen molar-refractivity contribution in [2.75, 3.05) is 18.4 Å². The fraction of sp³-hybridized carbons (Fsp3) is 0.364. The maximum Gasteiger partial charge on any atom is 0.310 e. The third-order valence-corrected chi connectivity index (χ3v) is 2.52. The van der Waals surface area contributed by atoms with E-state index < -0.39 is 4.92 Å². The number of amides is 1. The third kappa shape index (κ3) is 3.89. The molecule has 0 aromatic heterocycles. The van der Waals surface area contributed by atoms with Crippen molar-refractivity contribution in [3.8, 4) is 0 Å². The quantitative estimate of drug-likeness (QED) is 0.613. The van der Waals surface area contributed by atoms with Crippen LogP contribution in [0.1, 0.15) is 13.3 Å². The summed E-state index contributed by atoms with van der Waals surface area (Å²) in [6, 6.07) is 4.63. The summed E-state index contributed by atoms with van der Waals surface area (Å²) in [7, 11) is 0. The van der Waals surface area contributed by atoms with Crippen molar-refractivity contribution in [1.29, 1.82) is 0 Å². The number of nitrogens with one attached hydrogen (secondary N) is 2. The van der Waals surface area contributed by atoms with E-state index in [9.17, 15) is 14.9 Å². The molecule has 98 valence electrons. The first-order valence-electron chi connectivity index (χ1n) is 5.49. The molecule has 18 heavy (non-hydrogen) atoms. The predicted molar refractivity (Wildman–Crippen MR) is 69.9 cm³/mol. The number of benzene rings is 1. The van der Waals surface area contributed by atoms with Gasteiger partial charge in [-0.15, -0.1) is 0 Å². The largest absolute Gasteiger partial charge is 0.379 e. The number of nitro benzene ring substituents is 1. The van der Waals surface area contributed by atoms with Crippen LogP contribution in [0.15, 0.2) is 18.2 Å². The zero-order valence-corrected chi connectivity index (χ0v) is 10.7. The first-order valence-corrected chi connectivity index (χ1v) is 5.87. The van der Waals surface area contributed by atoms with Crippen LogP contribution in [0.25, 0.3) is 0 Å². The van der Waals surface area contributed by atoms with E-state index in [2.05, 4.69) is 10.6 Å². The van der Waals surface area contributed by atoms with Gasteiger partial charge in [0.1, 0.15) is 10.7 Å². The zero-order valence-electron chi connectivity index (χ0n) is 9.90. The standard InChI is InChI=1S/C11H14ClN3O3/c1-2-13-10(16)6-7-14-9-5-3-4-8(12)11(9)15(17)18/h3-5,14H,2,6-7H2,1H3,(H,13,16). The second kappa shape index (κ2) is 6.80. The number of nitro groups is 1. The van der Waals surface area contributed by atoms with Crippen LogP contribution in [-0.4, -0.2) is 23.9 Å². The Morgan fingerprint density at radius 2 is 2.22 bits per heavy atom. The van der Waals surface area contributed by atoms with Gasteiger partial charge in [-0.1, -0.05) is 17.7 Å². The molecule has 6 nitrogen and oxygen atoms in total. The average Bonchev–Trinajstić information content (AvgIpc) is 2.28. The number of anilines is 1. The Labute approximate surface area is 109 Å². The maximum atomic E-state index is 11.2. The Balaban J connectivity index is 2.65. The van der Waals surface area contributed by atoms with Gasteiger partial charge >= 0.3 is 5.69 Å². The smallest absolute Gasteiger partial charge is 0.310 e. The average molecular weight is 272 g/mol. The lowest BCUT2D eigenvalue weighted by atomic mass is 10.2. The lowest BCUT2D eigenvalue weighted by molar-refractivity contribution is -0.383. The summed E-state index contributed by atoms with van der Waals surface area (Å²) in [5.41, 5.74) is 0.145. The summed E-state index contributed by atoms with van der Waals surface area (Å²) < 4.78 is 0. The molecule has 0 radical (unpaired) electrons. The molecule has 0 aliphatic carbocycles. The Morgan fingerprint density at radius 1 is 1.50 bits per heavy atom. The highest BCUT2D eigenvalue weighted by Crippen LogP contribution is 2.31. The van der Waals surface area contributed by atoms with Gasteiger partial charge in [-0.25, -0.2) is 0 Å². The lowest BCUT2D eigenvalue weighted by Crippen LogP contribution is -2.24. The van der Waals surface area contributed by atoms with Gasteiger partial charge in [-0.2, -0.15) is 0 Å². The highest BCUT2D eigenvalue weighted by molar-refractivity contribution is 6.33. The Morgan fingerprint density at radius 3 is 2.83 bits per heavy atom. The van der Waals surface area contributed by atoms with Crippen LogP contribution in [0, 0.1) is 10.1 Å². The normalized spacial score (nSPS) is 9.89.